The minimum absolute atomic E-state index is 0.180. The lowest BCUT2D eigenvalue weighted by molar-refractivity contribution is 0.0237. The van der Waals surface area contributed by atoms with Gasteiger partial charge < -0.3 is 15.0 Å². The van der Waals surface area contributed by atoms with Crippen LogP contribution in [0.15, 0.2) is 0 Å². The predicted octanol–water partition coefficient (Wildman–Crippen LogP) is 1.61. The Balaban J connectivity index is 2.44. The maximum absolute atomic E-state index is 11.8. The summed E-state index contributed by atoms with van der Waals surface area (Å²) in [6, 6.07) is 0.410. The average Bonchev–Trinajstić information content (AvgIpc) is 2.85. The predicted molar refractivity (Wildman–Crippen MR) is 59.9 cm³/mol. The number of nitrogens with zero attached hydrogens (tertiary/aromatic N) is 1. The van der Waals surface area contributed by atoms with Gasteiger partial charge in [-0.2, -0.15) is 0 Å². The standard InChI is InChI=1S/C11H22N2O2/c1-11(2,3)15-10(14)13(8-7-12-4)9-5-6-9/h9,12H,5-8H2,1-4H3. The molecule has 0 aromatic heterocycles. The van der Waals surface area contributed by atoms with Crippen LogP contribution in [0.2, 0.25) is 0 Å². The topological polar surface area (TPSA) is 41.6 Å². The van der Waals surface area contributed by atoms with Crippen molar-refractivity contribution in [2.75, 3.05) is 20.1 Å². The Hall–Kier alpha value is -0.770. The van der Waals surface area contributed by atoms with E-state index >= 15 is 0 Å². The van der Waals surface area contributed by atoms with Gasteiger partial charge in [-0.15, -0.1) is 0 Å². The number of rotatable bonds is 4. The highest BCUT2D eigenvalue weighted by molar-refractivity contribution is 5.69. The van der Waals surface area contributed by atoms with Crippen LogP contribution in [-0.4, -0.2) is 42.8 Å². The lowest BCUT2D eigenvalue weighted by Crippen LogP contribution is -2.41. The van der Waals surface area contributed by atoms with Crippen molar-refractivity contribution in [1.29, 1.82) is 0 Å². The maximum Gasteiger partial charge on any atom is 0.410 e. The van der Waals surface area contributed by atoms with E-state index in [1.165, 1.54) is 0 Å². The molecule has 1 rings (SSSR count). The van der Waals surface area contributed by atoms with E-state index < -0.39 is 5.60 Å². The molecule has 0 radical (unpaired) electrons. The van der Waals surface area contributed by atoms with Gasteiger partial charge in [-0.1, -0.05) is 0 Å². The van der Waals surface area contributed by atoms with Gasteiger partial charge in [0.05, 0.1) is 0 Å². The van der Waals surface area contributed by atoms with E-state index in [9.17, 15) is 4.79 Å². The summed E-state index contributed by atoms with van der Waals surface area (Å²) >= 11 is 0. The summed E-state index contributed by atoms with van der Waals surface area (Å²) in [7, 11) is 1.89. The van der Waals surface area contributed by atoms with Gasteiger partial charge in [-0.3, -0.25) is 0 Å². The Bertz CT molecular complexity index is 219. The molecule has 4 heteroatoms. The third-order valence-electron chi connectivity index (χ3n) is 2.22. The number of amides is 1. The molecule has 15 heavy (non-hydrogen) atoms. The third-order valence-corrected chi connectivity index (χ3v) is 2.22. The molecule has 88 valence electrons. The molecule has 1 N–H and O–H groups in total. The fraction of sp³-hybridized carbons (Fsp3) is 0.909. The van der Waals surface area contributed by atoms with Crippen molar-refractivity contribution in [2.24, 2.45) is 0 Å². The van der Waals surface area contributed by atoms with Gasteiger partial charge >= 0.3 is 6.09 Å². The second kappa shape index (κ2) is 4.84. The number of nitrogens with one attached hydrogen (secondary N) is 1. The van der Waals surface area contributed by atoms with Crippen molar-refractivity contribution in [1.82, 2.24) is 10.2 Å². The zero-order valence-corrected chi connectivity index (χ0v) is 10.2. The van der Waals surface area contributed by atoms with Crippen LogP contribution in [-0.2, 0) is 4.74 Å². The van der Waals surface area contributed by atoms with Crippen LogP contribution in [0.3, 0.4) is 0 Å². The molecular weight excluding hydrogens is 192 g/mol. The molecule has 0 saturated heterocycles. The minimum atomic E-state index is -0.399. The van der Waals surface area contributed by atoms with Crippen LogP contribution in [0.5, 0.6) is 0 Å². The third kappa shape index (κ3) is 4.51. The number of hydrogen-bond donors (Lipinski definition) is 1. The Morgan fingerprint density at radius 1 is 1.47 bits per heavy atom. The van der Waals surface area contributed by atoms with Gasteiger partial charge in [0.25, 0.3) is 0 Å². The lowest BCUT2D eigenvalue weighted by Gasteiger charge is -2.27. The largest absolute Gasteiger partial charge is 0.444 e. The number of likely N-dealkylation sites (N-methyl/N-ethyl adjacent to an activating group) is 1. The molecule has 0 bridgehead atoms. The van der Waals surface area contributed by atoms with Gasteiger partial charge in [-0.05, 0) is 40.7 Å². The Labute approximate surface area is 92.0 Å². The number of carbonyl (C=O) groups is 1. The lowest BCUT2D eigenvalue weighted by atomic mass is 10.2. The van der Waals surface area contributed by atoms with E-state index in [2.05, 4.69) is 5.32 Å². The van der Waals surface area contributed by atoms with E-state index in [0.717, 1.165) is 25.9 Å². The first kappa shape index (κ1) is 12.3. The van der Waals surface area contributed by atoms with Crippen molar-refractivity contribution >= 4 is 6.09 Å². The highest BCUT2D eigenvalue weighted by Crippen LogP contribution is 2.27. The molecule has 1 amide bonds. The van der Waals surface area contributed by atoms with Crippen molar-refractivity contribution in [3.05, 3.63) is 0 Å². The summed E-state index contributed by atoms with van der Waals surface area (Å²) in [5, 5.41) is 3.05. The molecule has 1 fully saturated rings. The van der Waals surface area contributed by atoms with E-state index in [-0.39, 0.29) is 6.09 Å². The summed E-state index contributed by atoms with van der Waals surface area (Å²) < 4.78 is 5.36. The first-order chi connectivity index (χ1) is 6.94. The highest BCUT2D eigenvalue weighted by Gasteiger charge is 2.34. The van der Waals surface area contributed by atoms with Crippen molar-refractivity contribution in [3.8, 4) is 0 Å². The summed E-state index contributed by atoms with van der Waals surface area (Å²) in [6.45, 7) is 7.24. The molecule has 0 atom stereocenters. The van der Waals surface area contributed by atoms with Crippen LogP contribution in [0.1, 0.15) is 33.6 Å². The quantitative estimate of drug-likeness (QED) is 0.773. The van der Waals surface area contributed by atoms with Crippen LogP contribution < -0.4 is 5.32 Å². The Morgan fingerprint density at radius 2 is 2.07 bits per heavy atom. The number of carbonyl (C=O) groups excluding carboxylic acids is 1. The Morgan fingerprint density at radius 3 is 2.47 bits per heavy atom. The fourth-order valence-electron chi connectivity index (χ4n) is 1.36. The van der Waals surface area contributed by atoms with Crippen molar-refractivity contribution in [2.45, 2.75) is 45.3 Å². The zero-order chi connectivity index (χ0) is 11.5. The van der Waals surface area contributed by atoms with Crippen LogP contribution in [0, 0.1) is 0 Å². The molecule has 0 heterocycles. The zero-order valence-electron chi connectivity index (χ0n) is 10.2. The van der Waals surface area contributed by atoms with E-state index in [1.54, 1.807) is 0 Å². The fourth-order valence-corrected chi connectivity index (χ4v) is 1.36. The normalized spacial score (nSPS) is 16.3. The average molecular weight is 214 g/mol. The smallest absolute Gasteiger partial charge is 0.410 e. The molecule has 0 spiro atoms. The van der Waals surface area contributed by atoms with Gasteiger partial charge in [0, 0.05) is 19.1 Å². The van der Waals surface area contributed by atoms with Crippen LogP contribution in [0.25, 0.3) is 0 Å². The van der Waals surface area contributed by atoms with Crippen molar-refractivity contribution < 1.29 is 9.53 Å². The molecule has 1 aliphatic carbocycles. The minimum Gasteiger partial charge on any atom is -0.444 e. The molecule has 0 unspecified atom stereocenters. The molecule has 4 nitrogen and oxygen atoms in total. The van der Waals surface area contributed by atoms with Crippen LogP contribution in [0.4, 0.5) is 4.79 Å². The number of ether oxygens (including phenoxy) is 1. The van der Waals surface area contributed by atoms with E-state index in [1.807, 2.05) is 32.7 Å². The maximum atomic E-state index is 11.8. The van der Waals surface area contributed by atoms with E-state index in [0.29, 0.717) is 6.04 Å². The highest BCUT2D eigenvalue weighted by atomic mass is 16.6. The van der Waals surface area contributed by atoms with Gasteiger partial charge in [-0.25, -0.2) is 4.79 Å². The first-order valence-corrected chi connectivity index (χ1v) is 5.58. The first-order valence-electron chi connectivity index (χ1n) is 5.58. The van der Waals surface area contributed by atoms with Gasteiger partial charge in [0.15, 0.2) is 0 Å². The monoisotopic (exact) mass is 214 g/mol. The molecule has 1 aliphatic rings. The SMILES string of the molecule is CNCCN(C(=O)OC(C)(C)C)C1CC1. The van der Waals surface area contributed by atoms with Gasteiger partial charge in [0.2, 0.25) is 0 Å². The molecule has 1 saturated carbocycles. The van der Waals surface area contributed by atoms with Gasteiger partial charge in [0.1, 0.15) is 5.60 Å². The summed E-state index contributed by atoms with van der Waals surface area (Å²) in [5.41, 5.74) is -0.399. The number of hydrogen-bond acceptors (Lipinski definition) is 3. The second-order valence-corrected chi connectivity index (χ2v) is 5.01. The molecule has 0 aliphatic heterocycles. The molecule has 0 aromatic carbocycles. The van der Waals surface area contributed by atoms with Crippen molar-refractivity contribution in [3.63, 3.8) is 0 Å². The summed E-state index contributed by atoms with van der Waals surface area (Å²) in [4.78, 5) is 13.7. The summed E-state index contributed by atoms with van der Waals surface area (Å²) in [5.74, 6) is 0. The van der Waals surface area contributed by atoms with Crippen LogP contribution >= 0.6 is 0 Å². The Kier molecular flexibility index (Phi) is 3.97. The molecule has 0 aromatic rings. The van der Waals surface area contributed by atoms with E-state index in [4.69, 9.17) is 4.74 Å². The second-order valence-electron chi connectivity index (χ2n) is 5.01. The molecular formula is C11H22N2O2. The summed E-state index contributed by atoms with van der Waals surface area (Å²) in [6.07, 6.45) is 2.05.